The highest BCUT2D eigenvalue weighted by molar-refractivity contribution is 9.10. The predicted octanol–water partition coefficient (Wildman–Crippen LogP) is 4.45. The Morgan fingerprint density at radius 1 is 1.29 bits per heavy atom. The first-order valence-corrected chi connectivity index (χ1v) is 8.74. The third-order valence-corrected chi connectivity index (χ3v) is 5.37. The second kappa shape index (κ2) is 7.01. The Labute approximate surface area is 138 Å². The Balaban J connectivity index is 2.39. The highest BCUT2D eigenvalue weighted by Crippen LogP contribution is 2.33. The van der Waals surface area contributed by atoms with Crippen LogP contribution >= 0.6 is 27.5 Å². The molecule has 0 radical (unpaired) electrons. The van der Waals surface area contributed by atoms with Gasteiger partial charge in [0.25, 0.3) is 0 Å². The van der Waals surface area contributed by atoms with Crippen molar-refractivity contribution in [2.75, 3.05) is 5.75 Å². The lowest BCUT2D eigenvalue weighted by Gasteiger charge is -2.15. The van der Waals surface area contributed by atoms with E-state index in [0.29, 0.717) is 26.2 Å². The summed E-state index contributed by atoms with van der Waals surface area (Å²) in [5.74, 6) is 0.0710. The fraction of sp³-hybridized carbons (Fsp3) is 0.200. The summed E-state index contributed by atoms with van der Waals surface area (Å²) >= 11 is 9.34. The molecule has 2 atom stereocenters. The van der Waals surface area contributed by atoms with Crippen LogP contribution in [-0.2, 0) is 10.8 Å². The zero-order valence-corrected chi connectivity index (χ0v) is 14.3. The smallest absolute Gasteiger partial charge is 0.124 e. The summed E-state index contributed by atoms with van der Waals surface area (Å²) in [6, 6.07) is 8.98. The molecule has 0 spiro atoms. The van der Waals surface area contributed by atoms with E-state index in [0.717, 1.165) is 6.07 Å². The van der Waals surface area contributed by atoms with E-state index < -0.39 is 22.7 Å². The van der Waals surface area contributed by atoms with E-state index in [4.69, 9.17) is 11.6 Å². The van der Waals surface area contributed by atoms with Crippen LogP contribution in [0.1, 0.15) is 24.2 Å². The molecule has 0 amide bonds. The van der Waals surface area contributed by atoms with Gasteiger partial charge in [0.2, 0.25) is 0 Å². The van der Waals surface area contributed by atoms with Crippen molar-refractivity contribution in [2.45, 2.75) is 17.9 Å². The molecule has 6 heteroatoms. The second-order valence-electron chi connectivity index (χ2n) is 4.39. The van der Waals surface area contributed by atoms with Crippen molar-refractivity contribution in [1.29, 1.82) is 0 Å². The monoisotopic (exact) mass is 390 g/mol. The van der Waals surface area contributed by atoms with Crippen LogP contribution in [0.2, 0.25) is 5.02 Å². The van der Waals surface area contributed by atoms with E-state index in [1.807, 2.05) is 6.92 Å². The molecule has 2 unspecified atom stereocenters. The molecule has 0 aliphatic rings. The van der Waals surface area contributed by atoms with Crippen LogP contribution < -0.4 is 0 Å². The number of aliphatic hydroxyl groups is 1. The number of benzene rings is 2. The SMILES string of the molecule is CCS(=O)c1ccc(C(O)c2ccc(F)cc2Cl)c(Br)c1. The van der Waals surface area contributed by atoms with Crippen LogP contribution in [0.5, 0.6) is 0 Å². The third-order valence-electron chi connectivity index (χ3n) is 3.05. The average molecular weight is 392 g/mol. The molecule has 2 rings (SSSR count). The van der Waals surface area contributed by atoms with Crippen LogP contribution in [-0.4, -0.2) is 15.1 Å². The molecule has 0 aliphatic heterocycles. The standard InChI is InChI=1S/C15H13BrClFO2S/c1-2-21(20)10-4-6-11(13(16)8-10)15(19)12-5-3-9(18)7-14(12)17/h3-8,15,19H,2H2,1H3. The summed E-state index contributed by atoms with van der Waals surface area (Å²) in [4.78, 5) is 0.686. The van der Waals surface area contributed by atoms with Crippen LogP contribution in [0.15, 0.2) is 45.8 Å². The minimum absolute atomic E-state index is 0.163. The molecular weight excluding hydrogens is 379 g/mol. The van der Waals surface area contributed by atoms with E-state index in [9.17, 15) is 13.7 Å². The number of aliphatic hydroxyl groups excluding tert-OH is 1. The lowest BCUT2D eigenvalue weighted by Crippen LogP contribution is -2.03. The minimum Gasteiger partial charge on any atom is -0.384 e. The van der Waals surface area contributed by atoms with Crippen molar-refractivity contribution in [2.24, 2.45) is 0 Å². The summed E-state index contributed by atoms with van der Waals surface area (Å²) in [5.41, 5.74) is 1.00. The van der Waals surface area contributed by atoms with Gasteiger partial charge < -0.3 is 5.11 Å². The molecular formula is C15H13BrClFO2S. The molecule has 112 valence electrons. The predicted molar refractivity (Wildman–Crippen MR) is 86.6 cm³/mol. The molecule has 0 saturated heterocycles. The molecule has 1 N–H and O–H groups in total. The van der Waals surface area contributed by atoms with Gasteiger partial charge in [-0.05, 0) is 29.8 Å². The maximum Gasteiger partial charge on any atom is 0.124 e. The fourth-order valence-electron chi connectivity index (χ4n) is 1.93. The quantitative estimate of drug-likeness (QED) is 0.836. The highest BCUT2D eigenvalue weighted by Gasteiger charge is 2.18. The van der Waals surface area contributed by atoms with Gasteiger partial charge in [-0.25, -0.2) is 4.39 Å². The molecule has 0 heterocycles. The first kappa shape index (κ1) is 16.6. The maximum atomic E-state index is 13.1. The average Bonchev–Trinajstić information content (AvgIpc) is 2.45. The summed E-state index contributed by atoms with van der Waals surface area (Å²) in [5, 5.41) is 10.6. The molecule has 0 aromatic heterocycles. The number of hydrogen-bond acceptors (Lipinski definition) is 2. The lowest BCUT2D eigenvalue weighted by molar-refractivity contribution is 0.219. The van der Waals surface area contributed by atoms with Gasteiger partial charge in [-0.2, -0.15) is 0 Å². The highest BCUT2D eigenvalue weighted by atomic mass is 79.9. The molecule has 2 aromatic rings. The van der Waals surface area contributed by atoms with Gasteiger partial charge in [0.1, 0.15) is 11.9 Å². The molecule has 0 aliphatic carbocycles. The van der Waals surface area contributed by atoms with Gasteiger partial charge in [-0.1, -0.05) is 46.6 Å². The Bertz CT molecular complexity index is 693. The fourth-order valence-corrected chi connectivity index (χ4v) is 3.75. The van der Waals surface area contributed by atoms with Gasteiger partial charge in [-0.15, -0.1) is 0 Å². The number of hydrogen-bond donors (Lipinski definition) is 1. The number of rotatable bonds is 4. The van der Waals surface area contributed by atoms with Gasteiger partial charge in [0, 0.05) is 25.7 Å². The Morgan fingerprint density at radius 2 is 1.95 bits per heavy atom. The molecule has 2 aromatic carbocycles. The lowest BCUT2D eigenvalue weighted by atomic mass is 10.0. The summed E-state index contributed by atoms with van der Waals surface area (Å²) in [7, 11) is -1.06. The van der Waals surface area contributed by atoms with E-state index in [1.165, 1.54) is 12.1 Å². The molecule has 0 saturated carbocycles. The second-order valence-corrected chi connectivity index (χ2v) is 7.39. The van der Waals surface area contributed by atoms with Crippen molar-refractivity contribution in [1.82, 2.24) is 0 Å². The zero-order valence-electron chi connectivity index (χ0n) is 11.1. The van der Waals surface area contributed by atoms with Crippen LogP contribution in [0, 0.1) is 5.82 Å². The van der Waals surface area contributed by atoms with Crippen molar-refractivity contribution in [3.8, 4) is 0 Å². The first-order chi connectivity index (χ1) is 9.93. The molecule has 2 nitrogen and oxygen atoms in total. The van der Waals surface area contributed by atoms with Gasteiger partial charge >= 0.3 is 0 Å². The third kappa shape index (κ3) is 3.72. The molecule has 0 fully saturated rings. The van der Waals surface area contributed by atoms with Crippen LogP contribution in [0.25, 0.3) is 0 Å². The van der Waals surface area contributed by atoms with Gasteiger partial charge in [-0.3, -0.25) is 4.21 Å². The van der Waals surface area contributed by atoms with E-state index in [1.54, 1.807) is 18.2 Å². The molecule has 0 bridgehead atoms. The first-order valence-electron chi connectivity index (χ1n) is 6.25. The Morgan fingerprint density at radius 3 is 2.52 bits per heavy atom. The topological polar surface area (TPSA) is 37.3 Å². The van der Waals surface area contributed by atoms with E-state index in [-0.39, 0.29) is 5.02 Å². The van der Waals surface area contributed by atoms with E-state index in [2.05, 4.69) is 15.9 Å². The van der Waals surface area contributed by atoms with Crippen molar-refractivity contribution >= 4 is 38.3 Å². The summed E-state index contributed by atoms with van der Waals surface area (Å²) in [6.07, 6.45) is -0.989. The van der Waals surface area contributed by atoms with Gasteiger partial charge in [0.15, 0.2) is 0 Å². The van der Waals surface area contributed by atoms with Gasteiger partial charge in [0.05, 0.1) is 10.8 Å². The zero-order chi connectivity index (χ0) is 15.6. The van der Waals surface area contributed by atoms with Crippen molar-refractivity contribution in [3.05, 3.63) is 62.8 Å². The number of halogens is 3. The normalized spacial score (nSPS) is 14.0. The van der Waals surface area contributed by atoms with Crippen LogP contribution in [0.4, 0.5) is 4.39 Å². The summed E-state index contributed by atoms with van der Waals surface area (Å²) < 4.78 is 25.5. The maximum absolute atomic E-state index is 13.1. The largest absolute Gasteiger partial charge is 0.384 e. The molecule has 21 heavy (non-hydrogen) atoms. The van der Waals surface area contributed by atoms with Crippen LogP contribution in [0.3, 0.4) is 0 Å². The van der Waals surface area contributed by atoms with Crippen molar-refractivity contribution in [3.63, 3.8) is 0 Å². The summed E-state index contributed by atoms with van der Waals surface area (Å²) in [6.45, 7) is 1.84. The Kier molecular flexibility index (Phi) is 5.54. The Hall–Kier alpha value is -0.750. The minimum atomic E-state index is -1.06. The van der Waals surface area contributed by atoms with E-state index >= 15 is 0 Å². The van der Waals surface area contributed by atoms with Crippen molar-refractivity contribution < 1.29 is 13.7 Å².